The maximum absolute atomic E-state index is 11.4. The quantitative estimate of drug-likeness (QED) is 0.361. The third kappa shape index (κ3) is 5.00. The Kier molecular flexibility index (Phi) is 6.12. The van der Waals surface area contributed by atoms with E-state index in [4.69, 9.17) is 14.9 Å². The van der Waals surface area contributed by atoms with E-state index in [0.717, 1.165) is 29.5 Å². The molecule has 3 rings (SSSR count). The summed E-state index contributed by atoms with van der Waals surface area (Å²) in [4.78, 5) is 15.8. The van der Waals surface area contributed by atoms with E-state index in [2.05, 4.69) is 4.99 Å². The number of nitrogens with two attached hydrogens (primary N) is 1. The Morgan fingerprint density at radius 2 is 2.22 bits per heavy atom. The monoisotopic (exact) mass is 398 g/mol. The van der Waals surface area contributed by atoms with Crippen LogP contribution in [0.2, 0.25) is 0 Å². The molecule has 0 atom stereocenters. The average molecular weight is 399 g/mol. The molecule has 1 aromatic heterocycles. The largest absolute Gasteiger partial charge is 0.493 e. The van der Waals surface area contributed by atoms with Crippen molar-refractivity contribution in [2.75, 3.05) is 12.4 Å². The van der Waals surface area contributed by atoms with E-state index in [1.54, 1.807) is 6.07 Å². The predicted octanol–water partition coefficient (Wildman–Crippen LogP) is 3.27. The number of thioether (sulfide) groups is 1. The van der Waals surface area contributed by atoms with Crippen molar-refractivity contribution in [3.8, 4) is 5.75 Å². The topological polar surface area (TPSA) is 77.8 Å². The van der Waals surface area contributed by atoms with E-state index in [-0.39, 0.29) is 22.6 Å². The number of hydrogen-bond donors (Lipinski definition) is 1. The van der Waals surface area contributed by atoms with Gasteiger partial charge in [0, 0.05) is 23.3 Å². The van der Waals surface area contributed by atoms with Crippen LogP contribution in [0.5, 0.6) is 5.75 Å². The maximum Gasteiger partial charge on any atom is 0.336 e. The SMILES string of the molecule is Br.Cc1cc(=O)oc2cc(OCCSC(N)=NC3CC3)ccc12. The zero-order valence-corrected chi connectivity index (χ0v) is 15.3. The highest BCUT2D eigenvalue weighted by atomic mass is 79.9. The van der Waals surface area contributed by atoms with E-state index in [0.29, 0.717) is 29.1 Å². The molecular formula is C16H19BrN2O3S. The Hall–Kier alpha value is -1.47. The highest BCUT2D eigenvalue weighted by Gasteiger charge is 2.20. The molecule has 1 aliphatic rings. The van der Waals surface area contributed by atoms with Gasteiger partial charge in [0.1, 0.15) is 11.3 Å². The van der Waals surface area contributed by atoms with Crippen molar-refractivity contribution in [1.82, 2.24) is 0 Å². The normalized spacial score (nSPS) is 14.6. The lowest BCUT2D eigenvalue weighted by Crippen LogP contribution is -2.11. The minimum absolute atomic E-state index is 0. The van der Waals surface area contributed by atoms with Gasteiger partial charge in [0.2, 0.25) is 0 Å². The lowest BCUT2D eigenvalue weighted by molar-refractivity contribution is 0.344. The molecule has 0 aliphatic heterocycles. The predicted molar refractivity (Wildman–Crippen MR) is 100 cm³/mol. The summed E-state index contributed by atoms with van der Waals surface area (Å²) in [5.41, 5.74) is 6.91. The molecule has 23 heavy (non-hydrogen) atoms. The van der Waals surface area contributed by atoms with Crippen LogP contribution >= 0.6 is 28.7 Å². The smallest absolute Gasteiger partial charge is 0.336 e. The lowest BCUT2D eigenvalue weighted by Gasteiger charge is -2.07. The van der Waals surface area contributed by atoms with Crippen molar-refractivity contribution >= 4 is 44.9 Å². The van der Waals surface area contributed by atoms with Crippen molar-refractivity contribution in [3.63, 3.8) is 0 Å². The third-order valence-corrected chi connectivity index (χ3v) is 4.15. The summed E-state index contributed by atoms with van der Waals surface area (Å²) in [6, 6.07) is 7.46. The molecule has 0 radical (unpaired) electrons. The van der Waals surface area contributed by atoms with E-state index in [1.807, 2.05) is 19.1 Å². The van der Waals surface area contributed by atoms with Crippen LogP contribution in [0.15, 0.2) is 38.5 Å². The number of ether oxygens (including phenoxy) is 1. The first-order valence-corrected chi connectivity index (χ1v) is 8.24. The average Bonchev–Trinajstić information content (AvgIpc) is 3.27. The number of fused-ring (bicyclic) bond motifs is 1. The molecule has 0 saturated heterocycles. The molecule has 0 amide bonds. The molecule has 1 saturated carbocycles. The van der Waals surface area contributed by atoms with Crippen LogP contribution in [-0.4, -0.2) is 23.6 Å². The highest BCUT2D eigenvalue weighted by Crippen LogP contribution is 2.24. The Bertz CT molecular complexity index is 771. The molecule has 1 fully saturated rings. The number of amidine groups is 1. The van der Waals surface area contributed by atoms with Crippen LogP contribution in [0.4, 0.5) is 0 Å². The number of halogens is 1. The standard InChI is InChI=1S/C16H18N2O3S.BrH/c1-10-8-15(19)21-14-9-12(4-5-13(10)14)20-6-7-22-16(17)18-11-2-3-11;/h4-5,8-9,11H,2-3,6-7H2,1H3,(H2,17,18);1H. The Balaban J connectivity index is 0.00000192. The summed E-state index contributed by atoms with van der Waals surface area (Å²) in [6.45, 7) is 2.41. The van der Waals surface area contributed by atoms with Gasteiger partial charge in [0.05, 0.1) is 12.6 Å². The Labute approximate surface area is 149 Å². The van der Waals surface area contributed by atoms with Crippen molar-refractivity contribution < 1.29 is 9.15 Å². The first kappa shape index (κ1) is 17.9. The third-order valence-electron chi connectivity index (χ3n) is 3.38. The number of hydrogen-bond acceptors (Lipinski definition) is 5. The van der Waals surface area contributed by atoms with Crippen molar-refractivity contribution in [1.29, 1.82) is 0 Å². The maximum atomic E-state index is 11.4. The van der Waals surface area contributed by atoms with Crippen LogP contribution in [0, 0.1) is 6.92 Å². The number of nitrogens with zero attached hydrogens (tertiary/aromatic N) is 1. The summed E-state index contributed by atoms with van der Waals surface area (Å²) in [5.74, 6) is 1.41. The van der Waals surface area contributed by atoms with Gasteiger partial charge in [-0.25, -0.2) is 4.79 Å². The molecule has 1 heterocycles. The molecule has 2 N–H and O–H groups in total. The zero-order valence-electron chi connectivity index (χ0n) is 12.8. The Morgan fingerprint density at radius 3 is 2.96 bits per heavy atom. The second kappa shape index (κ2) is 7.88. The van der Waals surface area contributed by atoms with Gasteiger partial charge in [-0.15, -0.1) is 17.0 Å². The molecule has 1 aromatic carbocycles. The van der Waals surface area contributed by atoms with Crippen LogP contribution < -0.4 is 16.1 Å². The van der Waals surface area contributed by atoms with Crippen LogP contribution in [0.1, 0.15) is 18.4 Å². The minimum atomic E-state index is -0.346. The second-order valence-electron chi connectivity index (χ2n) is 5.30. The van der Waals surface area contributed by atoms with Gasteiger partial charge in [-0.05, 0) is 37.5 Å². The molecule has 0 spiro atoms. The molecule has 2 aromatic rings. The number of rotatable bonds is 5. The summed E-state index contributed by atoms with van der Waals surface area (Å²) >= 11 is 1.50. The fourth-order valence-corrected chi connectivity index (χ4v) is 2.72. The van der Waals surface area contributed by atoms with Gasteiger partial charge in [-0.2, -0.15) is 0 Å². The van der Waals surface area contributed by atoms with E-state index in [1.165, 1.54) is 17.8 Å². The van der Waals surface area contributed by atoms with Gasteiger partial charge >= 0.3 is 5.63 Å². The second-order valence-corrected chi connectivity index (χ2v) is 6.42. The Morgan fingerprint density at radius 1 is 1.43 bits per heavy atom. The number of aliphatic imine (C=N–C) groups is 1. The molecule has 124 valence electrons. The van der Waals surface area contributed by atoms with Crippen molar-refractivity contribution in [2.45, 2.75) is 25.8 Å². The number of aryl methyl sites for hydroxylation is 1. The van der Waals surface area contributed by atoms with E-state index < -0.39 is 0 Å². The molecular weight excluding hydrogens is 380 g/mol. The summed E-state index contributed by atoms with van der Waals surface area (Å²) in [6.07, 6.45) is 2.30. The zero-order chi connectivity index (χ0) is 15.5. The molecule has 0 bridgehead atoms. The van der Waals surface area contributed by atoms with E-state index >= 15 is 0 Å². The van der Waals surface area contributed by atoms with Crippen LogP contribution in [-0.2, 0) is 0 Å². The van der Waals surface area contributed by atoms with Gasteiger partial charge in [-0.3, -0.25) is 4.99 Å². The number of benzene rings is 1. The van der Waals surface area contributed by atoms with E-state index in [9.17, 15) is 4.79 Å². The summed E-state index contributed by atoms with van der Waals surface area (Å²) in [5, 5.41) is 1.55. The molecule has 5 nitrogen and oxygen atoms in total. The summed E-state index contributed by atoms with van der Waals surface area (Å²) < 4.78 is 10.9. The minimum Gasteiger partial charge on any atom is -0.493 e. The van der Waals surface area contributed by atoms with Gasteiger partial charge < -0.3 is 14.9 Å². The molecule has 1 aliphatic carbocycles. The van der Waals surface area contributed by atoms with Gasteiger partial charge in [-0.1, -0.05) is 11.8 Å². The van der Waals surface area contributed by atoms with Gasteiger partial charge in [0.25, 0.3) is 0 Å². The van der Waals surface area contributed by atoms with Crippen molar-refractivity contribution in [2.24, 2.45) is 10.7 Å². The fraction of sp³-hybridized carbons (Fsp3) is 0.375. The van der Waals surface area contributed by atoms with Crippen LogP contribution in [0.25, 0.3) is 11.0 Å². The lowest BCUT2D eigenvalue weighted by atomic mass is 10.1. The highest BCUT2D eigenvalue weighted by molar-refractivity contribution is 8.93. The first-order chi connectivity index (χ1) is 10.6. The van der Waals surface area contributed by atoms with Crippen molar-refractivity contribution in [3.05, 3.63) is 40.2 Å². The fourth-order valence-electron chi connectivity index (χ4n) is 2.12. The first-order valence-electron chi connectivity index (χ1n) is 7.25. The molecule has 0 unspecified atom stereocenters. The molecule has 7 heteroatoms. The van der Waals surface area contributed by atoms with Crippen LogP contribution in [0.3, 0.4) is 0 Å². The van der Waals surface area contributed by atoms with Gasteiger partial charge in [0.15, 0.2) is 5.17 Å². The summed E-state index contributed by atoms with van der Waals surface area (Å²) in [7, 11) is 0.